The molecule has 11 heteroatoms. The Labute approximate surface area is 273 Å². The number of fused-ring (bicyclic) bond motifs is 1. The van der Waals surface area contributed by atoms with E-state index < -0.39 is 40.0 Å². The summed E-state index contributed by atoms with van der Waals surface area (Å²) in [7, 11) is -2.39. The third kappa shape index (κ3) is 6.20. The van der Waals surface area contributed by atoms with Gasteiger partial charge in [-0.3, -0.25) is 13.9 Å². The Morgan fingerprint density at radius 3 is 2.32 bits per heavy atom. The molecule has 1 fully saturated rings. The van der Waals surface area contributed by atoms with Crippen molar-refractivity contribution >= 4 is 27.5 Å². The van der Waals surface area contributed by atoms with Crippen molar-refractivity contribution in [2.24, 2.45) is 0 Å². The highest BCUT2D eigenvalue weighted by atomic mass is 32.2. The second kappa shape index (κ2) is 12.5. The number of benzene rings is 4. The first kappa shape index (κ1) is 32.2. The molecule has 2 atom stereocenters. The average molecular weight is 658 g/mol. The first-order valence-corrected chi connectivity index (χ1v) is 17.2. The highest BCUT2D eigenvalue weighted by Crippen LogP contribution is 2.51. The van der Waals surface area contributed by atoms with Crippen LogP contribution in [-0.2, 0) is 20.4 Å². The molecular weight excluding hydrogens is 621 g/mol. The zero-order valence-electron chi connectivity index (χ0n) is 26.3. The van der Waals surface area contributed by atoms with Gasteiger partial charge in [0.25, 0.3) is 5.91 Å². The number of halogens is 1. The summed E-state index contributed by atoms with van der Waals surface area (Å²) in [5.74, 6) is -1.61. The van der Waals surface area contributed by atoms with Gasteiger partial charge in [0, 0.05) is 29.8 Å². The standard InChI is InChI=1S/C36H36FN3O6S/c1-22-9-10-24(34(42)39-36(15-16-36)25-7-5-4-6-8-25)19-27(22)28-20-29-31(21-30(28)40(17-18-41)47(3,44)45)46-33(32(29)35(43)38-2)23-11-13-26(37)14-12-23/h4-14,19-21,32-33,41H,15-18H2,1-3H3,(H,38,43)(H,39,42). The molecule has 1 saturated carbocycles. The lowest BCUT2D eigenvalue weighted by Gasteiger charge is -2.26. The number of aliphatic hydroxyl groups is 1. The highest BCUT2D eigenvalue weighted by Gasteiger charge is 2.46. The van der Waals surface area contributed by atoms with E-state index in [1.54, 1.807) is 42.5 Å². The van der Waals surface area contributed by atoms with E-state index in [1.807, 2.05) is 37.3 Å². The van der Waals surface area contributed by atoms with Gasteiger partial charge in [0.1, 0.15) is 23.6 Å². The van der Waals surface area contributed by atoms with E-state index in [4.69, 9.17) is 4.74 Å². The van der Waals surface area contributed by atoms with Gasteiger partial charge in [0.05, 0.1) is 30.6 Å². The number of carbonyl (C=O) groups is 2. The molecule has 2 amide bonds. The molecule has 0 aromatic heterocycles. The van der Waals surface area contributed by atoms with Gasteiger partial charge in [-0.1, -0.05) is 48.5 Å². The number of aliphatic hydroxyl groups excluding tert-OH is 1. The fourth-order valence-corrected chi connectivity index (χ4v) is 7.26. The highest BCUT2D eigenvalue weighted by molar-refractivity contribution is 7.92. The van der Waals surface area contributed by atoms with E-state index >= 15 is 0 Å². The Hall–Kier alpha value is -4.74. The number of amides is 2. The van der Waals surface area contributed by atoms with Crippen molar-refractivity contribution in [3.63, 3.8) is 0 Å². The Bertz CT molecular complexity index is 1950. The molecule has 1 heterocycles. The van der Waals surface area contributed by atoms with Gasteiger partial charge in [-0.2, -0.15) is 0 Å². The topological polar surface area (TPSA) is 125 Å². The predicted octanol–water partition coefficient (Wildman–Crippen LogP) is 4.94. The van der Waals surface area contributed by atoms with Crippen molar-refractivity contribution in [2.75, 3.05) is 30.8 Å². The van der Waals surface area contributed by atoms with Crippen LogP contribution in [0.2, 0.25) is 0 Å². The largest absolute Gasteiger partial charge is 0.484 e. The summed E-state index contributed by atoms with van der Waals surface area (Å²) in [5.41, 5.74) is 4.05. The second-order valence-electron chi connectivity index (χ2n) is 12.1. The number of nitrogens with zero attached hydrogens (tertiary/aromatic N) is 1. The van der Waals surface area contributed by atoms with E-state index in [-0.39, 0.29) is 29.8 Å². The van der Waals surface area contributed by atoms with Crippen LogP contribution in [0.3, 0.4) is 0 Å². The number of sulfonamides is 1. The number of carbonyl (C=O) groups excluding carboxylic acids is 2. The number of anilines is 1. The Kier molecular flexibility index (Phi) is 8.54. The van der Waals surface area contributed by atoms with Crippen LogP contribution >= 0.6 is 0 Å². The number of likely N-dealkylation sites (N-methyl/N-ethyl adjacent to an activating group) is 1. The van der Waals surface area contributed by atoms with E-state index in [9.17, 15) is 27.5 Å². The summed E-state index contributed by atoms with van der Waals surface area (Å²) in [4.78, 5) is 27.1. The first-order valence-electron chi connectivity index (χ1n) is 15.3. The summed E-state index contributed by atoms with van der Waals surface area (Å²) in [5, 5.41) is 15.8. The molecule has 47 heavy (non-hydrogen) atoms. The van der Waals surface area contributed by atoms with Crippen LogP contribution in [0.4, 0.5) is 10.1 Å². The third-order valence-electron chi connectivity index (χ3n) is 8.94. The molecule has 0 saturated heterocycles. The zero-order valence-corrected chi connectivity index (χ0v) is 27.1. The first-order chi connectivity index (χ1) is 22.5. The minimum atomic E-state index is -3.90. The predicted molar refractivity (Wildman–Crippen MR) is 177 cm³/mol. The van der Waals surface area contributed by atoms with Gasteiger partial charge in [0.15, 0.2) is 0 Å². The summed E-state index contributed by atoms with van der Waals surface area (Å²) < 4.78 is 47.4. The fraction of sp³-hybridized carbons (Fsp3) is 0.278. The van der Waals surface area contributed by atoms with Crippen molar-refractivity contribution in [1.82, 2.24) is 10.6 Å². The average Bonchev–Trinajstić information content (AvgIpc) is 3.75. The summed E-state index contributed by atoms with van der Waals surface area (Å²) in [6, 6.07) is 24.0. The van der Waals surface area contributed by atoms with Gasteiger partial charge in [-0.25, -0.2) is 12.8 Å². The minimum absolute atomic E-state index is 0.222. The molecule has 4 aromatic rings. The van der Waals surface area contributed by atoms with Crippen LogP contribution in [0, 0.1) is 12.7 Å². The molecule has 1 aliphatic heterocycles. The molecule has 4 aromatic carbocycles. The lowest BCUT2D eigenvalue weighted by molar-refractivity contribution is -0.123. The van der Waals surface area contributed by atoms with Crippen LogP contribution in [0.1, 0.15) is 57.5 Å². The van der Waals surface area contributed by atoms with Gasteiger partial charge in [-0.05, 0) is 72.4 Å². The lowest BCUT2D eigenvalue weighted by atomic mass is 9.87. The van der Waals surface area contributed by atoms with Gasteiger partial charge >= 0.3 is 0 Å². The van der Waals surface area contributed by atoms with Gasteiger partial charge in [-0.15, -0.1) is 0 Å². The smallest absolute Gasteiger partial charge is 0.251 e. The molecule has 6 rings (SSSR count). The van der Waals surface area contributed by atoms with Crippen molar-refractivity contribution < 1.29 is 32.2 Å². The van der Waals surface area contributed by atoms with Crippen LogP contribution in [0.25, 0.3) is 11.1 Å². The van der Waals surface area contributed by atoms with E-state index in [1.165, 1.54) is 19.2 Å². The SMILES string of the molecule is CNC(=O)C1c2cc(-c3cc(C(=O)NC4(c5ccccc5)CC4)ccc3C)c(N(CCO)S(C)(=O)=O)cc2OC1c1ccc(F)cc1. The maximum atomic E-state index is 13.8. The van der Waals surface area contributed by atoms with Crippen molar-refractivity contribution in [1.29, 1.82) is 0 Å². The number of hydrogen-bond donors (Lipinski definition) is 3. The molecule has 2 unspecified atom stereocenters. The van der Waals surface area contributed by atoms with Crippen molar-refractivity contribution in [3.05, 3.63) is 119 Å². The van der Waals surface area contributed by atoms with Crippen molar-refractivity contribution in [2.45, 2.75) is 37.3 Å². The molecule has 9 nitrogen and oxygen atoms in total. The molecule has 0 radical (unpaired) electrons. The molecular formula is C36H36FN3O6S. The molecule has 244 valence electrons. The number of nitrogens with one attached hydrogen (secondary N) is 2. The molecule has 0 spiro atoms. The maximum absolute atomic E-state index is 13.8. The molecule has 3 N–H and O–H groups in total. The Morgan fingerprint density at radius 2 is 1.70 bits per heavy atom. The number of rotatable bonds is 10. The van der Waals surface area contributed by atoms with Crippen molar-refractivity contribution in [3.8, 4) is 16.9 Å². The fourth-order valence-electron chi connectivity index (χ4n) is 6.33. The molecule has 0 bridgehead atoms. The zero-order chi connectivity index (χ0) is 33.5. The van der Waals surface area contributed by atoms with Crippen LogP contribution in [-0.4, -0.2) is 51.8 Å². The minimum Gasteiger partial charge on any atom is -0.484 e. The van der Waals surface area contributed by atoms with Gasteiger partial charge in [0.2, 0.25) is 15.9 Å². The number of hydrogen-bond acceptors (Lipinski definition) is 6. The second-order valence-corrected chi connectivity index (χ2v) is 14.0. The van der Waals surface area contributed by atoms with E-state index in [2.05, 4.69) is 10.6 Å². The van der Waals surface area contributed by atoms with Crippen LogP contribution < -0.4 is 19.7 Å². The lowest BCUT2D eigenvalue weighted by Crippen LogP contribution is -2.34. The maximum Gasteiger partial charge on any atom is 0.251 e. The summed E-state index contributed by atoms with van der Waals surface area (Å²) in [6.45, 7) is 1.17. The summed E-state index contributed by atoms with van der Waals surface area (Å²) in [6.07, 6.45) is 1.86. The van der Waals surface area contributed by atoms with Crippen LogP contribution in [0.5, 0.6) is 5.75 Å². The molecule has 1 aliphatic carbocycles. The van der Waals surface area contributed by atoms with E-state index in [0.29, 0.717) is 27.8 Å². The monoisotopic (exact) mass is 657 g/mol. The Morgan fingerprint density at radius 1 is 1.00 bits per heavy atom. The molecule has 2 aliphatic rings. The Balaban J connectivity index is 1.49. The normalized spacial score (nSPS) is 17.7. The quantitative estimate of drug-likeness (QED) is 0.222. The number of ether oxygens (including phenoxy) is 1. The summed E-state index contributed by atoms with van der Waals surface area (Å²) >= 11 is 0. The third-order valence-corrected chi connectivity index (χ3v) is 10.1. The van der Waals surface area contributed by atoms with E-state index in [0.717, 1.165) is 34.5 Å². The van der Waals surface area contributed by atoms with Crippen LogP contribution in [0.15, 0.2) is 84.9 Å². The van der Waals surface area contributed by atoms with Gasteiger partial charge < -0.3 is 20.5 Å². The number of aryl methyl sites for hydroxylation is 1.